The van der Waals surface area contributed by atoms with Crippen molar-refractivity contribution in [2.45, 2.75) is 57.0 Å². The quantitative estimate of drug-likeness (QED) is 0.162. The molecule has 1 saturated heterocycles. The van der Waals surface area contributed by atoms with Gasteiger partial charge in [-0.05, 0) is 62.8 Å². The van der Waals surface area contributed by atoms with Crippen molar-refractivity contribution in [3.8, 4) is 5.75 Å². The molecule has 3 aliphatic heterocycles. The number of anilines is 1. The standard InChI is InChI=1S/C26H40N8O3/c27-25(28)30-10-1-9-29-19-3-5-20(6-4-19)34-17-23-24(32-26(34)35)31-21-16-18(2-7-22(21)37-23)8-11-33-12-14-36-15-13-33/h2,7,16-17,19-20,26,29,35H,1,3-6,8-15H2,(H,31,32)(H4,27,28,30)/t19-,20-,26?. The van der Waals surface area contributed by atoms with Gasteiger partial charge in [0, 0.05) is 38.3 Å². The number of benzene rings is 1. The largest absolute Gasteiger partial charge is 0.450 e. The van der Waals surface area contributed by atoms with Gasteiger partial charge in [0.2, 0.25) is 6.35 Å². The molecule has 0 radical (unpaired) electrons. The number of rotatable bonds is 9. The minimum absolute atomic E-state index is 0.0189. The van der Waals surface area contributed by atoms with Gasteiger partial charge in [-0.15, -0.1) is 0 Å². The number of fused-ring (bicyclic) bond motifs is 2. The van der Waals surface area contributed by atoms with Gasteiger partial charge in [-0.1, -0.05) is 6.07 Å². The zero-order chi connectivity index (χ0) is 25.6. The molecule has 11 nitrogen and oxygen atoms in total. The molecule has 0 amide bonds. The van der Waals surface area contributed by atoms with Gasteiger partial charge in [0.15, 0.2) is 23.3 Å². The summed E-state index contributed by atoms with van der Waals surface area (Å²) in [6.07, 6.45) is 6.93. The lowest BCUT2D eigenvalue weighted by atomic mass is 9.90. The van der Waals surface area contributed by atoms with Crippen molar-refractivity contribution >= 4 is 17.5 Å². The van der Waals surface area contributed by atoms with Gasteiger partial charge in [-0.3, -0.25) is 10.3 Å². The number of guanidine groups is 1. The second-order valence-electron chi connectivity index (χ2n) is 10.2. The monoisotopic (exact) mass is 512 g/mol. The maximum Gasteiger partial charge on any atom is 0.227 e. The van der Waals surface area contributed by atoms with Crippen LogP contribution < -0.4 is 26.4 Å². The van der Waals surface area contributed by atoms with Gasteiger partial charge < -0.3 is 41.2 Å². The molecule has 7 N–H and O–H groups in total. The fourth-order valence-corrected chi connectivity index (χ4v) is 5.44. The summed E-state index contributed by atoms with van der Waals surface area (Å²) in [6.45, 7) is 6.22. The van der Waals surface area contributed by atoms with E-state index in [0.717, 1.165) is 89.4 Å². The van der Waals surface area contributed by atoms with Crippen LogP contribution in [0, 0.1) is 5.41 Å². The van der Waals surface area contributed by atoms with E-state index in [9.17, 15) is 5.11 Å². The van der Waals surface area contributed by atoms with Crippen LogP contribution in [0.2, 0.25) is 0 Å². The Hall–Kier alpha value is -2.86. The van der Waals surface area contributed by atoms with E-state index in [-0.39, 0.29) is 12.0 Å². The molecule has 1 unspecified atom stereocenters. The molecule has 1 saturated carbocycles. The predicted molar refractivity (Wildman–Crippen MR) is 144 cm³/mol. The summed E-state index contributed by atoms with van der Waals surface area (Å²) in [5.74, 6) is 2.03. The first-order chi connectivity index (χ1) is 18.0. The first kappa shape index (κ1) is 25.8. The molecule has 0 aromatic heterocycles. The SMILES string of the molecule is N=C(N)NCCCN[C@H]1CC[C@H](N2C=C3Oc4ccc(CCN5CCOCC5)cc4NC3=NC2O)CC1. The maximum absolute atomic E-state index is 10.8. The highest BCUT2D eigenvalue weighted by Gasteiger charge is 2.33. The molecule has 11 heteroatoms. The van der Waals surface area contributed by atoms with E-state index in [2.05, 4.69) is 38.0 Å². The van der Waals surface area contributed by atoms with E-state index >= 15 is 0 Å². The van der Waals surface area contributed by atoms with Gasteiger partial charge >= 0.3 is 0 Å². The Balaban J connectivity index is 1.12. The van der Waals surface area contributed by atoms with Crippen LogP contribution >= 0.6 is 0 Å². The Morgan fingerprint density at radius 3 is 2.78 bits per heavy atom. The van der Waals surface area contributed by atoms with Crippen molar-refractivity contribution in [1.82, 2.24) is 20.4 Å². The topological polar surface area (TPSA) is 143 Å². The smallest absolute Gasteiger partial charge is 0.227 e. The van der Waals surface area contributed by atoms with Crippen LogP contribution in [-0.2, 0) is 11.2 Å². The molecule has 2 fully saturated rings. The van der Waals surface area contributed by atoms with Gasteiger partial charge in [0.1, 0.15) is 0 Å². The number of hydrogen-bond acceptors (Lipinski definition) is 9. The lowest BCUT2D eigenvalue weighted by molar-refractivity contribution is 0.000394. The molecular weight excluding hydrogens is 472 g/mol. The number of aliphatic imine (C=N–C) groups is 1. The van der Waals surface area contributed by atoms with E-state index in [4.69, 9.17) is 20.6 Å². The molecule has 1 aromatic carbocycles. The van der Waals surface area contributed by atoms with Crippen LogP contribution in [0.15, 0.2) is 35.2 Å². The van der Waals surface area contributed by atoms with Gasteiger partial charge in [0.05, 0.1) is 25.1 Å². The van der Waals surface area contributed by atoms with Crippen molar-refractivity contribution < 1.29 is 14.6 Å². The van der Waals surface area contributed by atoms with Crippen molar-refractivity contribution in [3.63, 3.8) is 0 Å². The first-order valence-electron chi connectivity index (χ1n) is 13.5. The van der Waals surface area contributed by atoms with Crippen LogP contribution in [-0.4, -0.2) is 91.1 Å². The van der Waals surface area contributed by atoms with Crippen molar-refractivity contribution in [2.24, 2.45) is 10.7 Å². The van der Waals surface area contributed by atoms with Crippen LogP contribution in [0.3, 0.4) is 0 Å². The lowest BCUT2D eigenvalue weighted by Gasteiger charge is -2.40. The van der Waals surface area contributed by atoms with Crippen LogP contribution in [0.4, 0.5) is 5.69 Å². The minimum Gasteiger partial charge on any atom is -0.450 e. The summed E-state index contributed by atoms with van der Waals surface area (Å²) in [6, 6.07) is 6.96. The summed E-state index contributed by atoms with van der Waals surface area (Å²) < 4.78 is 11.7. The molecule has 202 valence electrons. The number of nitrogens with two attached hydrogens (primary N) is 1. The molecule has 0 bridgehead atoms. The summed E-state index contributed by atoms with van der Waals surface area (Å²) in [5.41, 5.74) is 7.45. The van der Waals surface area contributed by atoms with Crippen molar-refractivity contribution in [1.29, 1.82) is 5.41 Å². The highest BCUT2D eigenvalue weighted by molar-refractivity contribution is 6.09. The zero-order valence-electron chi connectivity index (χ0n) is 21.4. The predicted octanol–water partition coefficient (Wildman–Crippen LogP) is 0.971. The number of hydrogen-bond donors (Lipinski definition) is 6. The molecular formula is C26H40N8O3. The number of morpholine rings is 1. The van der Waals surface area contributed by atoms with Gasteiger partial charge in [-0.2, -0.15) is 0 Å². The Kier molecular flexibility index (Phi) is 8.45. The zero-order valence-corrected chi connectivity index (χ0v) is 21.4. The molecule has 1 aromatic rings. The summed E-state index contributed by atoms with van der Waals surface area (Å²) in [7, 11) is 0. The lowest BCUT2D eigenvalue weighted by Crippen LogP contribution is -2.47. The third-order valence-electron chi connectivity index (χ3n) is 7.57. The highest BCUT2D eigenvalue weighted by atomic mass is 16.5. The summed E-state index contributed by atoms with van der Waals surface area (Å²) >= 11 is 0. The Bertz CT molecular complexity index is 1000. The van der Waals surface area contributed by atoms with Crippen molar-refractivity contribution in [3.05, 3.63) is 35.7 Å². The van der Waals surface area contributed by atoms with Gasteiger partial charge in [0.25, 0.3) is 0 Å². The number of nitrogens with one attached hydrogen (secondary N) is 4. The minimum atomic E-state index is -0.923. The van der Waals surface area contributed by atoms with Crippen LogP contribution in [0.1, 0.15) is 37.7 Å². The van der Waals surface area contributed by atoms with E-state index in [1.807, 2.05) is 17.2 Å². The van der Waals surface area contributed by atoms with E-state index in [0.29, 0.717) is 24.2 Å². The van der Waals surface area contributed by atoms with E-state index in [1.165, 1.54) is 5.56 Å². The summed E-state index contributed by atoms with van der Waals surface area (Å²) in [5, 5.41) is 27.8. The average Bonchev–Trinajstić information content (AvgIpc) is 2.91. The molecule has 3 heterocycles. The Morgan fingerprint density at radius 2 is 2.00 bits per heavy atom. The summed E-state index contributed by atoms with van der Waals surface area (Å²) in [4.78, 5) is 8.91. The van der Waals surface area contributed by atoms with E-state index in [1.54, 1.807) is 0 Å². The highest BCUT2D eigenvalue weighted by Crippen LogP contribution is 2.35. The molecule has 4 aliphatic rings. The fraction of sp³-hybridized carbons (Fsp3) is 0.615. The molecule has 1 aliphatic carbocycles. The number of nitrogens with zero attached hydrogens (tertiary/aromatic N) is 3. The Morgan fingerprint density at radius 1 is 1.19 bits per heavy atom. The molecule has 5 rings (SSSR count). The molecule has 1 atom stereocenters. The fourth-order valence-electron chi connectivity index (χ4n) is 5.44. The maximum atomic E-state index is 10.8. The number of aliphatic hydroxyl groups excluding tert-OH is 1. The van der Waals surface area contributed by atoms with Crippen LogP contribution in [0.25, 0.3) is 0 Å². The molecule has 37 heavy (non-hydrogen) atoms. The van der Waals surface area contributed by atoms with Gasteiger partial charge in [-0.25, -0.2) is 4.99 Å². The number of ether oxygens (including phenoxy) is 2. The third-order valence-corrected chi connectivity index (χ3v) is 7.57. The third kappa shape index (κ3) is 6.72. The van der Waals surface area contributed by atoms with Crippen molar-refractivity contribution in [2.75, 3.05) is 51.3 Å². The average molecular weight is 513 g/mol. The van der Waals surface area contributed by atoms with Crippen LogP contribution in [0.5, 0.6) is 5.75 Å². The normalized spacial score (nSPS) is 25.6. The number of amidine groups is 1. The van der Waals surface area contributed by atoms with E-state index < -0.39 is 6.35 Å². The second kappa shape index (κ2) is 12.1. The second-order valence-corrected chi connectivity index (χ2v) is 10.2. The molecule has 0 spiro atoms. The Labute approximate surface area is 218 Å². The number of aliphatic hydroxyl groups is 1. The first-order valence-corrected chi connectivity index (χ1v) is 13.5.